The van der Waals surface area contributed by atoms with E-state index in [1.807, 2.05) is 13.8 Å². The Morgan fingerprint density at radius 3 is 1.13 bits per heavy atom. The molecule has 0 spiro atoms. The number of rotatable bonds is 8. The number of fused-ring (bicyclic) bond motifs is 24. The molecule has 130 heavy (non-hydrogen) atoms. The van der Waals surface area contributed by atoms with Gasteiger partial charge in [-0.3, -0.25) is 44.4 Å². The molecule has 15 aliphatic rings. The van der Waals surface area contributed by atoms with E-state index in [2.05, 4.69) is 246 Å². The minimum atomic E-state index is -0.709. The number of halogens is 4. The Morgan fingerprint density at radius 2 is 0.785 bits per heavy atom. The molecule has 0 amide bonds. The summed E-state index contributed by atoms with van der Waals surface area (Å²) in [5, 5.41) is 29.7. The number of hydrogen-bond acceptors (Lipinski definition) is 13. The third-order valence-corrected chi connectivity index (χ3v) is 43.0. The Morgan fingerprint density at radius 1 is 0.462 bits per heavy atom. The molecule has 0 radical (unpaired) electrons. The monoisotopic (exact) mass is 2150 g/mol. The van der Waals surface area contributed by atoms with E-state index >= 15 is 0 Å². The molecule has 9 fully saturated rings. The Hall–Kier alpha value is -3.98. The normalized spacial score (nSPS) is 40.3. The second-order valence-corrected chi connectivity index (χ2v) is 67.2. The number of nitrogens with two attached hydrogens (primary N) is 3. The number of hydrogen-bond donors (Lipinski definition) is 8. The first kappa shape index (κ1) is 103. The summed E-state index contributed by atoms with van der Waals surface area (Å²) >= 11 is 11.8. The second-order valence-electron chi connectivity index (χ2n) is 50.6. The minimum absolute atomic E-state index is 0. The van der Waals surface area contributed by atoms with E-state index in [1.165, 1.54) is 103 Å². The van der Waals surface area contributed by atoms with Gasteiger partial charge in [0.25, 0.3) is 5.56 Å². The molecule has 11 N–H and O–H groups in total. The van der Waals surface area contributed by atoms with Gasteiger partial charge in [0, 0.05) is 78.5 Å². The van der Waals surface area contributed by atoms with E-state index in [1.54, 1.807) is 31.9 Å². The van der Waals surface area contributed by atoms with Crippen LogP contribution in [0.2, 0.25) is 0 Å². The molecule has 4 heterocycles. The number of nitrogens with zero attached hydrogens (tertiary/aromatic N) is 3. The van der Waals surface area contributed by atoms with Gasteiger partial charge < -0.3 is 31.8 Å². The number of carbonyl (C=O) groups is 4. The van der Waals surface area contributed by atoms with Gasteiger partial charge in [-0.05, 0) is 331 Å². The average molecular weight is 2150 g/mol. The molecular formula is C108H170ClI3N11O7-. The van der Waals surface area contributed by atoms with Gasteiger partial charge in [0.05, 0.1) is 18.6 Å². The zero-order valence-electron chi connectivity index (χ0n) is 83.2. The Labute approximate surface area is 816 Å². The summed E-state index contributed by atoms with van der Waals surface area (Å²) < 4.78 is 9.91. The van der Waals surface area contributed by atoms with E-state index in [0.29, 0.717) is 97.2 Å². The zero-order chi connectivity index (χ0) is 93.9. The second kappa shape index (κ2) is 34.8. The van der Waals surface area contributed by atoms with Crippen LogP contribution in [0.5, 0.6) is 0 Å². The number of esters is 2. The van der Waals surface area contributed by atoms with Crippen LogP contribution in [-0.2, 0) is 69.6 Å². The number of anilines is 3. The standard InChI is InChI=1S/C36H55N3O3.C34H51N5O.C31H46ClN3O.C5H10O2.2CH4.I3/c1-10-42-30(41)21(2)28(40)36-17-15-31(3,4)20-24(36)23-11-12-26-33(7)19-22-27(38-39-29(22)37)32(5,6)25(33)13-14-35(26,9)34(23,8)16-18-36;1-19-25(36-39-28(19)40)34-15-13-29(2,3)18-22(34)21-9-10-24-31(6)17-20-26(37-38-27(20)35)30(4,5)23(31)11-12-33(24,8)32(21,7)14-16-34;1-26(2)12-14-31(25(32)36)15-13-29(6)19(20(31)17-26)8-9-22-28(5)16-18-23(34-35-24(18)33)27(3,4)21(28)10-11-30(22,29)7;1-3-5(6)7-4-2;;;1-3-2/h11,21,24-26H,10,12-20H2,1-9H3,(H3,37,38,39);9,22-24H,10-18H2,1-8H3,(H3,35,37,38)(H2,36,39,40);8,20-22H,9-17H2,1-7H3,(H3,33,34,35);3-4H2,1-2H3;2*1H4;/q;;;;;;-1/t21?,24?,25?,26?,33-,34+,35+,36-;22?,23?,24?,31-,32+,33+,34-;20?,21?,22?,28-,29+,30+,31-;;;;/m000..../s1. The van der Waals surface area contributed by atoms with Crippen LogP contribution in [0.1, 0.15) is 393 Å². The molecule has 18 nitrogen and oxygen atoms in total. The summed E-state index contributed by atoms with van der Waals surface area (Å²) in [6.45, 7) is 62.3. The molecule has 4 aromatic rings. The van der Waals surface area contributed by atoms with Crippen molar-refractivity contribution >= 4 is 89.3 Å². The number of H-pyrrole nitrogens is 5. The van der Waals surface area contributed by atoms with E-state index < -0.39 is 11.3 Å². The number of carbonyl (C=O) groups excluding carboxylic acids is 4. The molecule has 0 aromatic carbocycles. The number of ether oxygens (including phenoxy) is 2. The SMILES string of the molecule is C.C.CC1(C)CC[C@]2(C(=O)Cl)CC[C@]3(C)C(=CCC4[C@@]5(C)Cc6c(N)n[nH]c6C(C)(C)C5CC[C@]43C)C2C1.CCOC(=O)C(C)C(=O)[C@]12CCC(C)(C)CC1C1=CCC3[C@@]4(C)Cc5c(N)n[nH]c5C(C)(C)C4CC[C@@]3(C)[C@]1(C)CC2.CCOC(=O)CC.Cc1c([C@]23CCC(C)(C)CC2C2=CCC4[C@@]5(C)Cc6c(N)n[nH]c6C(C)(C)C5CC[C@@]4(C)[C@]2(C)CC3)[nH][nH]c1=O.I[I-]I. The van der Waals surface area contributed by atoms with Gasteiger partial charge in [-0.2, -0.15) is 15.3 Å². The van der Waals surface area contributed by atoms with Gasteiger partial charge in [0.15, 0.2) is 5.78 Å². The first-order valence-electron chi connectivity index (χ1n) is 49.8. The van der Waals surface area contributed by atoms with Gasteiger partial charge in [0.1, 0.15) is 23.4 Å². The van der Waals surface area contributed by atoms with Crippen LogP contribution in [0, 0.1) is 142 Å². The van der Waals surface area contributed by atoms with Crippen molar-refractivity contribution in [3.8, 4) is 0 Å². The number of aromatic amines is 5. The van der Waals surface area contributed by atoms with Crippen LogP contribution < -0.4 is 36.0 Å². The number of ketones is 1. The first-order valence-corrected chi connectivity index (χ1v) is 62.7. The predicted molar refractivity (Wildman–Crippen MR) is 543 cm³/mol. The van der Waals surface area contributed by atoms with Gasteiger partial charge in [-0.25, -0.2) is 0 Å². The van der Waals surface area contributed by atoms with Crippen molar-refractivity contribution in [2.45, 2.75) is 396 Å². The number of Topliss-reactive ketones (excluding diaryl/α,β-unsaturated/α-hetero) is 1. The van der Waals surface area contributed by atoms with Gasteiger partial charge >= 0.3 is 62.4 Å². The van der Waals surface area contributed by atoms with Crippen molar-refractivity contribution < 1.29 is 41.9 Å². The van der Waals surface area contributed by atoms with Crippen LogP contribution in [0.3, 0.4) is 0 Å². The van der Waals surface area contributed by atoms with Crippen LogP contribution in [0.4, 0.5) is 17.5 Å². The van der Waals surface area contributed by atoms with E-state index in [0.717, 1.165) is 121 Å². The molecule has 0 bridgehead atoms. The number of aromatic nitrogens is 8. The Kier molecular flexibility index (Phi) is 27.7. The van der Waals surface area contributed by atoms with Gasteiger partial charge in [-0.1, -0.05) is 202 Å². The predicted octanol–water partition coefficient (Wildman–Crippen LogP) is 23.2. The van der Waals surface area contributed by atoms with Crippen molar-refractivity contribution in [3.05, 3.63) is 90.3 Å². The van der Waals surface area contributed by atoms with Crippen LogP contribution in [-0.4, -0.2) is 77.0 Å². The number of allylic oxidation sites excluding steroid dienone is 6. The molecule has 4 aromatic heterocycles. The summed E-state index contributed by atoms with van der Waals surface area (Å²) in [5.74, 6) is 5.41. The molecule has 19 rings (SSSR count). The van der Waals surface area contributed by atoms with Crippen molar-refractivity contribution in [2.24, 2.45) is 135 Å². The Balaban J connectivity index is 0.000000157. The number of nitrogens with one attached hydrogen (secondary N) is 5. The summed E-state index contributed by atoms with van der Waals surface area (Å²) in [6.07, 6.45) is 38.0. The molecule has 10 unspecified atom stereocenters. The van der Waals surface area contributed by atoms with Crippen molar-refractivity contribution in [1.29, 1.82) is 0 Å². The fraction of sp³-hybridized carbons (Fsp3) is 0.796. The summed E-state index contributed by atoms with van der Waals surface area (Å²) in [7, 11) is 0. The Bertz CT molecular complexity index is 5150. The van der Waals surface area contributed by atoms with Crippen LogP contribution in [0.25, 0.3) is 0 Å². The summed E-state index contributed by atoms with van der Waals surface area (Å²) in [4.78, 5) is 63.2. The first-order chi connectivity index (χ1) is 59.4. The van der Waals surface area contributed by atoms with Crippen LogP contribution >= 0.6 is 48.8 Å². The fourth-order valence-corrected chi connectivity index (χ4v) is 35.6. The van der Waals surface area contributed by atoms with Gasteiger partial charge in [0.2, 0.25) is 5.24 Å². The molecule has 15 aliphatic carbocycles. The number of nitrogen functional groups attached to an aromatic ring is 3. The van der Waals surface area contributed by atoms with E-state index in [-0.39, 0.29) is 142 Å². The zero-order valence-corrected chi connectivity index (χ0v) is 90.4. The van der Waals surface area contributed by atoms with Crippen molar-refractivity contribution in [2.75, 3.05) is 30.4 Å². The fourth-order valence-electron chi connectivity index (χ4n) is 35.3. The average Bonchev–Trinajstić information content (AvgIpc) is 0.935. The van der Waals surface area contributed by atoms with Crippen molar-refractivity contribution in [3.63, 3.8) is 0 Å². The van der Waals surface area contributed by atoms with Crippen molar-refractivity contribution in [1.82, 2.24) is 40.8 Å². The molecule has 728 valence electrons. The quantitative estimate of drug-likeness (QED) is 0.0268. The third-order valence-electron chi connectivity index (χ3n) is 42.6. The van der Waals surface area contributed by atoms with Crippen LogP contribution in [0.15, 0.2) is 39.7 Å². The molecule has 0 aliphatic heterocycles. The maximum atomic E-state index is 14.4. The topological polar surface area (TPSA) is 299 Å². The van der Waals surface area contributed by atoms with E-state index in [9.17, 15) is 24.0 Å². The molecule has 22 atom stereocenters. The molecular weight excluding hydrogens is 1980 g/mol. The molecule has 9 saturated carbocycles. The maximum absolute atomic E-state index is 14.4. The van der Waals surface area contributed by atoms with E-state index in [4.69, 9.17) is 33.5 Å². The molecule has 0 saturated heterocycles. The van der Waals surface area contributed by atoms with Gasteiger partial charge in [-0.15, -0.1) is 0 Å². The summed E-state index contributed by atoms with van der Waals surface area (Å²) in [6, 6.07) is 0. The molecule has 22 heteroatoms. The third kappa shape index (κ3) is 15.1. The summed E-state index contributed by atoms with van der Waals surface area (Å²) in [5.41, 5.74) is 35.2.